The summed E-state index contributed by atoms with van der Waals surface area (Å²) in [5, 5.41) is 0. The van der Waals surface area contributed by atoms with Crippen LogP contribution in [0.25, 0.3) is 0 Å². The maximum absolute atomic E-state index is 11.0. The lowest BCUT2D eigenvalue weighted by Gasteiger charge is -2.01. The zero-order valence-corrected chi connectivity index (χ0v) is 8.33. The molecule has 0 aliphatic carbocycles. The van der Waals surface area contributed by atoms with Gasteiger partial charge in [0.1, 0.15) is 0 Å². The molecule has 0 rings (SSSR count). The monoisotopic (exact) mass is 202 g/mol. The van der Waals surface area contributed by atoms with Crippen molar-refractivity contribution in [2.75, 3.05) is 13.1 Å². The molecular weight excluding hydrogens is 184 g/mol. The summed E-state index contributed by atoms with van der Waals surface area (Å²) in [6.45, 7) is 0.834. The molecule has 14 heavy (non-hydrogen) atoms. The molecule has 5 heteroatoms. The van der Waals surface area contributed by atoms with E-state index in [4.69, 9.17) is 11.5 Å². The minimum atomic E-state index is -0.545. The minimum absolute atomic E-state index is 0.0918. The third-order valence-electron chi connectivity index (χ3n) is 1.66. The van der Waals surface area contributed by atoms with Crippen LogP contribution in [0.15, 0.2) is 0 Å². The van der Waals surface area contributed by atoms with Crippen LogP contribution in [0.5, 0.6) is 0 Å². The van der Waals surface area contributed by atoms with Crippen molar-refractivity contribution in [1.29, 1.82) is 0 Å². The van der Waals surface area contributed by atoms with Gasteiger partial charge in [0.2, 0.25) is 0 Å². The van der Waals surface area contributed by atoms with Crippen LogP contribution in [-0.4, -0.2) is 25.0 Å². The SMILES string of the molecule is NCCCCCC(=O)OC(=O)CCN. The average molecular weight is 202 g/mol. The van der Waals surface area contributed by atoms with E-state index in [1.54, 1.807) is 0 Å². The number of carbonyl (C=O) groups excluding carboxylic acids is 2. The second-order valence-electron chi connectivity index (χ2n) is 2.98. The van der Waals surface area contributed by atoms with Crippen molar-refractivity contribution in [2.45, 2.75) is 32.1 Å². The van der Waals surface area contributed by atoms with Gasteiger partial charge in [-0.25, -0.2) is 0 Å². The van der Waals surface area contributed by atoms with Crippen LogP contribution in [0.4, 0.5) is 0 Å². The molecule has 0 fully saturated rings. The first-order valence-corrected chi connectivity index (χ1v) is 4.84. The van der Waals surface area contributed by atoms with Crippen LogP contribution in [0.1, 0.15) is 32.1 Å². The summed E-state index contributed by atoms with van der Waals surface area (Å²) in [6.07, 6.45) is 2.86. The van der Waals surface area contributed by atoms with Gasteiger partial charge in [-0.1, -0.05) is 6.42 Å². The Bertz CT molecular complexity index is 183. The van der Waals surface area contributed by atoms with E-state index in [1.165, 1.54) is 0 Å². The maximum atomic E-state index is 11.0. The normalized spacial score (nSPS) is 9.86. The highest BCUT2D eigenvalue weighted by atomic mass is 16.6. The van der Waals surface area contributed by atoms with Crippen LogP contribution >= 0.6 is 0 Å². The van der Waals surface area contributed by atoms with Gasteiger partial charge in [0.05, 0.1) is 6.42 Å². The Morgan fingerprint density at radius 1 is 0.857 bits per heavy atom. The predicted molar refractivity (Wildman–Crippen MR) is 52.3 cm³/mol. The molecule has 0 bridgehead atoms. The fraction of sp³-hybridized carbons (Fsp3) is 0.778. The molecule has 0 unspecified atom stereocenters. The van der Waals surface area contributed by atoms with Crippen LogP contribution in [-0.2, 0) is 14.3 Å². The molecule has 82 valence electrons. The summed E-state index contributed by atoms with van der Waals surface area (Å²) in [7, 11) is 0. The van der Waals surface area contributed by atoms with Crippen LogP contribution < -0.4 is 11.5 Å². The van der Waals surface area contributed by atoms with Gasteiger partial charge in [-0.05, 0) is 19.4 Å². The number of hydrogen-bond donors (Lipinski definition) is 2. The number of ether oxygens (including phenoxy) is 1. The van der Waals surface area contributed by atoms with Gasteiger partial charge in [-0.15, -0.1) is 0 Å². The maximum Gasteiger partial charge on any atom is 0.314 e. The molecule has 0 saturated carbocycles. The van der Waals surface area contributed by atoms with Gasteiger partial charge < -0.3 is 16.2 Å². The van der Waals surface area contributed by atoms with Gasteiger partial charge in [-0.2, -0.15) is 0 Å². The lowest BCUT2D eigenvalue weighted by molar-refractivity contribution is -0.159. The van der Waals surface area contributed by atoms with E-state index in [2.05, 4.69) is 4.74 Å². The molecule has 0 saturated heterocycles. The summed E-state index contributed by atoms with van der Waals surface area (Å²) < 4.78 is 4.48. The fourth-order valence-corrected chi connectivity index (χ4v) is 0.937. The Balaban J connectivity index is 3.40. The Morgan fingerprint density at radius 2 is 1.50 bits per heavy atom. The smallest absolute Gasteiger partial charge is 0.314 e. The van der Waals surface area contributed by atoms with Crippen molar-refractivity contribution in [3.63, 3.8) is 0 Å². The first-order valence-electron chi connectivity index (χ1n) is 4.84. The largest absolute Gasteiger partial charge is 0.393 e. The minimum Gasteiger partial charge on any atom is -0.393 e. The molecule has 0 amide bonds. The average Bonchev–Trinajstić information content (AvgIpc) is 2.13. The second-order valence-corrected chi connectivity index (χ2v) is 2.98. The quantitative estimate of drug-likeness (QED) is 0.342. The Hall–Kier alpha value is -0.940. The van der Waals surface area contributed by atoms with E-state index in [1.807, 2.05) is 0 Å². The summed E-state index contributed by atoms with van der Waals surface area (Å²) in [5.41, 5.74) is 10.4. The number of hydrogen-bond acceptors (Lipinski definition) is 5. The fourth-order valence-electron chi connectivity index (χ4n) is 0.937. The zero-order valence-electron chi connectivity index (χ0n) is 8.33. The molecule has 0 radical (unpaired) electrons. The van der Waals surface area contributed by atoms with Gasteiger partial charge >= 0.3 is 11.9 Å². The van der Waals surface area contributed by atoms with Crippen molar-refractivity contribution >= 4 is 11.9 Å². The van der Waals surface area contributed by atoms with E-state index in [-0.39, 0.29) is 19.4 Å². The molecule has 4 N–H and O–H groups in total. The zero-order chi connectivity index (χ0) is 10.8. The molecular formula is C9H18N2O3. The first kappa shape index (κ1) is 13.1. The van der Waals surface area contributed by atoms with Crippen LogP contribution in [0.3, 0.4) is 0 Å². The molecule has 5 nitrogen and oxygen atoms in total. The van der Waals surface area contributed by atoms with Gasteiger partial charge in [0, 0.05) is 13.0 Å². The molecule has 0 aromatic rings. The lowest BCUT2D eigenvalue weighted by atomic mass is 10.2. The van der Waals surface area contributed by atoms with Crippen LogP contribution in [0.2, 0.25) is 0 Å². The van der Waals surface area contributed by atoms with Crippen molar-refractivity contribution in [3.8, 4) is 0 Å². The molecule has 0 atom stereocenters. The molecule has 0 aromatic heterocycles. The van der Waals surface area contributed by atoms with Crippen molar-refractivity contribution < 1.29 is 14.3 Å². The highest BCUT2D eigenvalue weighted by molar-refractivity contribution is 5.85. The highest BCUT2D eigenvalue weighted by Gasteiger charge is 2.08. The van der Waals surface area contributed by atoms with E-state index < -0.39 is 11.9 Å². The summed E-state index contributed by atoms with van der Waals surface area (Å²) >= 11 is 0. The van der Waals surface area contributed by atoms with Gasteiger partial charge in [0.15, 0.2) is 0 Å². The van der Waals surface area contributed by atoms with E-state index in [0.29, 0.717) is 13.0 Å². The summed E-state index contributed by atoms with van der Waals surface area (Å²) in [6, 6.07) is 0. The molecule has 0 spiro atoms. The van der Waals surface area contributed by atoms with Crippen molar-refractivity contribution in [1.82, 2.24) is 0 Å². The number of rotatable bonds is 7. The third-order valence-corrected chi connectivity index (χ3v) is 1.66. The number of unbranched alkanes of at least 4 members (excludes halogenated alkanes) is 2. The number of esters is 2. The summed E-state index contributed by atoms with van der Waals surface area (Å²) in [4.78, 5) is 21.8. The third kappa shape index (κ3) is 7.70. The van der Waals surface area contributed by atoms with Crippen molar-refractivity contribution in [3.05, 3.63) is 0 Å². The topological polar surface area (TPSA) is 95.4 Å². The van der Waals surface area contributed by atoms with Crippen molar-refractivity contribution in [2.24, 2.45) is 11.5 Å². The Kier molecular flexibility index (Phi) is 8.07. The first-order chi connectivity index (χ1) is 6.70. The summed E-state index contributed by atoms with van der Waals surface area (Å²) in [5.74, 6) is -1.02. The van der Waals surface area contributed by atoms with E-state index in [0.717, 1.165) is 12.8 Å². The van der Waals surface area contributed by atoms with E-state index in [9.17, 15) is 9.59 Å². The number of carbonyl (C=O) groups is 2. The van der Waals surface area contributed by atoms with Gasteiger partial charge in [-0.3, -0.25) is 9.59 Å². The lowest BCUT2D eigenvalue weighted by Crippen LogP contribution is -2.15. The van der Waals surface area contributed by atoms with E-state index >= 15 is 0 Å². The van der Waals surface area contributed by atoms with Gasteiger partial charge in [0.25, 0.3) is 0 Å². The Morgan fingerprint density at radius 3 is 2.07 bits per heavy atom. The van der Waals surface area contributed by atoms with Crippen LogP contribution in [0, 0.1) is 0 Å². The number of nitrogens with two attached hydrogens (primary N) is 2. The molecule has 0 aliphatic heterocycles. The molecule has 0 heterocycles. The second kappa shape index (κ2) is 8.65. The highest BCUT2D eigenvalue weighted by Crippen LogP contribution is 2.00. The Labute approximate surface area is 83.8 Å². The molecule has 0 aromatic carbocycles. The predicted octanol–water partition coefficient (Wildman–Crippen LogP) is -0.0759. The standard InChI is InChI=1S/C9H18N2O3/c10-6-3-1-2-4-8(12)14-9(13)5-7-11/h1-7,10-11H2. The molecule has 0 aliphatic rings.